The third kappa shape index (κ3) is 2.98. The number of piperidine rings is 1. The van der Waals surface area contributed by atoms with E-state index in [1.807, 2.05) is 11.6 Å². The van der Waals surface area contributed by atoms with Gasteiger partial charge in [-0.05, 0) is 18.8 Å². The minimum absolute atomic E-state index is 0.200. The second-order valence-corrected chi connectivity index (χ2v) is 5.73. The third-order valence-electron chi connectivity index (χ3n) is 3.42. The van der Waals surface area contributed by atoms with Crippen molar-refractivity contribution in [1.82, 2.24) is 15.5 Å². The van der Waals surface area contributed by atoms with E-state index >= 15 is 0 Å². The molecule has 0 aromatic carbocycles. The van der Waals surface area contributed by atoms with Crippen molar-refractivity contribution < 1.29 is 9.32 Å². The minimum atomic E-state index is -0.200. The Morgan fingerprint density at radius 1 is 1.55 bits per heavy atom. The van der Waals surface area contributed by atoms with Crippen molar-refractivity contribution in [2.75, 3.05) is 24.5 Å². The van der Waals surface area contributed by atoms with E-state index in [0.717, 1.165) is 31.1 Å². The lowest BCUT2D eigenvalue weighted by Crippen LogP contribution is -2.40. The van der Waals surface area contributed by atoms with Crippen molar-refractivity contribution >= 4 is 22.4 Å². The number of hydrogen-bond donors (Lipinski definition) is 1. The molecule has 3 rings (SSSR count). The average molecular weight is 292 g/mol. The molecule has 106 valence electrons. The zero-order valence-corrected chi connectivity index (χ0v) is 11.8. The van der Waals surface area contributed by atoms with Crippen molar-refractivity contribution in [3.05, 3.63) is 29.6 Å². The highest BCUT2D eigenvalue weighted by atomic mass is 32.1. The summed E-state index contributed by atoms with van der Waals surface area (Å²) >= 11 is 1.66. The Labute approximate surface area is 120 Å². The van der Waals surface area contributed by atoms with Crippen molar-refractivity contribution in [1.29, 1.82) is 0 Å². The van der Waals surface area contributed by atoms with Gasteiger partial charge in [-0.15, -0.1) is 11.3 Å². The number of hydrogen-bond acceptors (Lipinski definition) is 6. The van der Waals surface area contributed by atoms with E-state index in [1.165, 1.54) is 6.20 Å². The second kappa shape index (κ2) is 6.04. The van der Waals surface area contributed by atoms with Gasteiger partial charge in [-0.3, -0.25) is 4.79 Å². The molecule has 1 saturated heterocycles. The lowest BCUT2D eigenvalue weighted by Gasteiger charge is -2.32. The van der Waals surface area contributed by atoms with Gasteiger partial charge in [0.25, 0.3) is 5.91 Å². The SMILES string of the molecule is O=C(NC[C@H]1CCCN(c2nccs2)C1)c1ccno1. The maximum atomic E-state index is 11.8. The van der Waals surface area contributed by atoms with E-state index in [4.69, 9.17) is 4.52 Å². The molecular weight excluding hydrogens is 276 g/mol. The Morgan fingerprint density at radius 3 is 3.25 bits per heavy atom. The van der Waals surface area contributed by atoms with Crippen LogP contribution in [0.2, 0.25) is 0 Å². The fourth-order valence-corrected chi connectivity index (χ4v) is 3.11. The van der Waals surface area contributed by atoms with Gasteiger partial charge in [0.15, 0.2) is 5.13 Å². The predicted molar refractivity (Wildman–Crippen MR) is 75.9 cm³/mol. The van der Waals surface area contributed by atoms with E-state index in [2.05, 4.69) is 20.4 Å². The summed E-state index contributed by atoms with van der Waals surface area (Å²) in [4.78, 5) is 18.4. The van der Waals surface area contributed by atoms with Crippen LogP contribution in [-0.2, 0) is 0 Å². The highest BCUT2D eigenvalue weighted by Gasteiger charge is 2.22. The van der Waals surface area contributed by atoms with Crippen molar-refractivity contribution in [2.45, 2.75) is 12.8 Å². The number of nitrogens with one attached hydrogen (secondary N) is 1. The molecule has 2 aromatic rings. The number of rotatable bonds is 4. The zero-order valence-electron chi connectivity index (χ0n) is 11.0. The highest BCUT2D eigenvalue weighted by Crippen LogP contribution is 2.24. The number of carbonyl (C=O) groups is 1. The molecular formula is C13H16N4O2S. The molecule has 0 aliphatic carbocycles. The van der Waals surface area contributed by atoms with Gasteiger partial charge in [0.2, 0.25) is 5.76 Å². The van der Waals surface area contributed by atoms with Gasteiger partial charge in [-0.2, -0.15) is 0 Å². The summed E-state index contributed by atoms with van der Waals surface area (Å²) in [6, 6.07) is 1.57. The molecule has 0 radical (unpaired) electrons. The maximum Gasteiger partial charge on any atom is 0.289 e. The number of thiazole rings is 1. The van der Waals surface area contributed by atoms with Crippen LogP contribution in [0.25, 0.3) is 0 Å². The molecule has 1 fully saturated rings. The summed E-state index contributed by atoms with van der Waals surface area (Å²) < 4.78 is 4.83. The number of aromatic nitrogens is 2. The van der Waals surface area contributed by atoms with Crippen molar-refractivity contribution in [2.24, 2.45) is 5.92 Å². The standard InChI is InChI=1S/C13H16N4O2S/c18-12(11-3-4-16-19-11)15-8-10-2-1-6-17(9-10)13-14-5-7-20-13/h3-5,7,10H,1-2,6,8-9H2,(H,15,18)/t10-/m1/s1. The topological polar surface area (TPSA) is 71.3 Å². The molecule has 0 unspecified atom stereocenters. The van der Waals surface area contributed by atoms with Crippen LogP contribution in [0.3, 0.4) is 0 Å². The Kier molecular flexibility index (Phi) is 3.96. The van der Waals surface area contributed by atoms with Gasteiger partial charge in [0, 0.05) is 37.3 Å². The van der Waals surface area contributed by atoms with E-state index < -0.39 is 0 Å². The first-order valence-corrected chi connectivity index (χ1v) is 7.54. The summed E-state index contributed by atoms with van der Waals surface area (Å²) in [5, 5.41) is 9.49. The fraction of sp³-hybridized carbons (Fsp3) is 0.462. The second-order valence-electron chi connectivity index (χ2n) is 4.86. The van der Waals surface area contributed by atoms with Crippen LogP contribution in [0.1, 0.15) is 23.4 Å². The average Bonchev–Trinajstić information content (AvgIpc) is 3.17. The number of anilines is 1. The summed E-state index contributed by atoms with van der Waals surface area (Å²) in [5.74, 6) is 0.506. The van der Waals surface area contributed by atoms with Crippen LogP contribution < -0.4 is 10.2 Å². The van der Waals surface area contributed by atoms with Gasteiger partial charge in [-0.1, -0.05) is 5.16 Å². The molecule has 20 heavy (non-hydrogen) atoms. The Morgan fingerprint density at radius 2 is 2.50 bits per heavy atom. The first-order chi connectivity index (χ1) is 9.83. The van der Waals surface area contributed by atoms with Crippen molar-refractivity contribution in [3.8, 4) is 0 Å². The van der Waals surface area contributed by atoms with E-state index in [0.29, 0.717) is 12.5 Å². The van der Waals surface area contributed by atoms with Gasteiger partial charge in [0.1, 0.15) is 0 Å². The van der Waals surface area contributed by atoms with E-state index in [9.17, 15) is 4.79 Å². The summed E-state index contributed by atoms with van der Waals surface area (Å²) in [5.41, 5.74) is 0. The predicted octanol–water partition coefficient (Wildman–Crippen LogP) is 1.78. The van der Waals surface area contributed by atoms with Crippen LogP contribution in [-0.4, -0.2) is 35.7 Å². The molecule has 0 spiro atoms. The molecule has 3 heterocycles. The first kappa shape index (κ1) is 13.1. The van der Waals surface area contributed by atoms with E-state index in [-0.39, 0.29) is 11.7 Å². The quantitative estimate of drug-likeness (QED) is 0.930. The molecule has 1 atom stereocenters. The third-order valence-corrected chi connectivity index (χ3v) is 4.25. The van der Waals surface area contributed by atoms with Crippen LogP contribution in [0.4, 0.5) is 5.13 Å². The lowest BCUT2D eigenvalue weighted by molar-refractivity contribution is 0.0908. The molecule has 1 amide bonds. The Balaban J connectivity index is 1.52. The summed E-state index contributed by atoms with van der Waals surface area (Å²) in [6.45, 7) is 2.63. The Hall–Kier alpha value is -1.89. The highest BCUT2D eigenvalue weighted by molar-refractivity contribution is 7.13. The first-order valence-electron chi connectivity index (χ1n) is 6.66. The molecule has 1 aliphatic heterocycles. The van der Waals surface area contributed by atoms with Gasteiger partial charge >= 0.3 is 0 Å². The number of carbonyl (C=O) groups excluding carboxylic acids is 1. The minimum Gasteiger partial charge on any atom is -0.351 e. The van der Waals surface area contributed by atoms with Crippen LogP contribution in [0, 0.1) is 5.92 Å². The van der Waals surface area contributed by atoms with Gasteiger partial charge in [-0.25, -0.2) is 4.98 Å². The molecule has 1 N–H and O–H groups in total. The molecule has 0 saturated carbocycles. The maximum absolute atomic E-state index is 11.8. The van der Waals surface area contributed by atoms with Crippen LogP contribution >= 0.6 is 11.3 Å². The van der Waals surface area contributed by atoms with Crippen molar-refractivity contribution in [3.63, 3.8) is 0 Å². The monoisotopic (exact) mass is 292 g/mol. The molecule has 6 nitrogen and oxygen atoms in total. The number of amides is 1. The van der Waals surface area contributed by atoms with Gasteiger partial charge in [0.05, 0.1) is 6.20 Å². The zero-order chi connectivity index (χ0) is 13.8. The van der Waals surface area contributed by atoms with Gasteiger partial charge < -0.3 is 14.7 Å². The summed E-state index contributed by atoms with van der Waals surface area (Å²) in [7, 11) is 0. The fourth-order valence-electron chi connectivity index (χ4n) is 2.43. The molecule has 0 bridgehead atoms. The number of nitrogens with zero attached hydrogens (tertiary/aromatic N) is 3. The largest absolute Gasteiger partial charge is 0.351 e. The smallest absolute Gasteiger partial charge is 0.289 e. The van der Waals surface area contributed by atoms with Crippen LogP contribution in [0.15, 0.2) is 28.4 Å². The van der Waals surface area contributed by atoms with E-state index in [1.54, 1.807) is 17.4 Å². The molecule has 7 heteroatoms. The lowest BCUT2D eigenvalue weighted by atomic mass is 9.98. The van der Waals surface area contributed by atoms with Crippen LogP contribution in [0.5, 0.6) is 0 Å². The Bertz CT molecular complexity index is 541. The summed E-state index contributed by atoms with van der Waals surface area (Å²) in [6.07, 6.45) is 5.55. The molecule has 1 aliphatic rings. The normalized spacial score (nSPS) is 19.0. The molecule has 2 aromatic heterocycles.